The Morgan fingerprint density at radius 2 is 1.85 bits per heavy atom. The van der Waals surface area contributed by atoms with Gasteiger partial charge >= 0.3 is 0 Å². The molecule has 2 amide bonds. The van der Waals surface area contributed by atoms with E-state index in [1.54, 1.807) is 6.21 Å². The van der Waals surface area contributed by atoms with Crippen molar-refractivity contribution in [1.82, 2.24) is 15.3 Å². The minimum Gasteiger partial charge on any atom is -0.355 e. The first-order chi connectivity index (χ1) is 12.8. The van der Waals surface area contributed by atoms with Gasteiger partial charge in [-0.3, -0.25) is 9.59 Å². The van der Waals surface area contributed by atoms with E-state index in [1.165, 1.54) is 0 Å². The number of rotatable bonds is 7. The Hall–Kier alpha value is -2.60. The van der Waals surface area contributed by atoms with Crippen molar-refractivity contribution in [1.29, 1.82) is 0 Å². The highest BCUT2D eigenvalue weighted by atomic mass is 35.5. The van der Waals surface area contributed by atoms with E-state index in [2.05, 4.69) is 20.4 Å². The molecule has 0 fully saturated rings. The monoisotopic (exact) mass is 388 g/mol. The van der Waals surface area contributed by atoms with Crippen molar-refractivity contribution in [2.24, 2.45) is 11.0 Å². The van der Waals surface area contributed by atoms with Gasteiger partial charge in [0.2, 0.25) is 11.8 Å². The second-order valence-electron chi connectivity index (χ2n) is 6.81. The van der Waals surface area contributed by atoms with Gasteiger partial charge in [-0.1, -0.05) is 25.4 Å². The van der Waals surface area contributed by atoms with E-state index in [1.807, 2.05) is 58.0 Å². The molecule has 0 saturated carbocycles. The van der Waals surface area contributed by atoms with Crippen molar-refractivity contribution in [2.75, 3.05) is 6.54 Å². The topological polar surface area (TPSA) is 75.5 Å². The first kappa shape index (κ1) is 20.7. The minimum atomic E-state index is -0.445. The molecule has 6 nitrogen and oxygen atoms in total. The molecular formula is C20H25ClN4O2. The van der Waals surface area contributed by atoms with Crippen molar-refractivity contribution < 1.29 is 9.59 Å². The normalized spacial score (nSPS) is 11.2. The van der Waals surface area contributed by atoms with Crippen molar-refractivity contribution in [3.05, 3.63) is 52.3 Å². The van der Waals surface area contributed by atoms with Crippen molar-refractivity contribution in [3.8, 4) is 5.69 Å². The standard InChI is InChI=1S/C20H25ClN4O2/c1-13(2)11-22-19(26)10-20(27)24-23-12-16-9-14(3)25(15(16)4)18-7-5-17(21)6-8-18/h5-9,12-13H,10-11H2,1-4H3,(H,22,26)(H,24,27)/b23-12+. The van der Waals surface area contributed by atoms with E-state index in [-0.39, 0.29) is 12.3 Å². The molecule has 1 heterocycles. The van der Waals surface area contributed by atoms with Crippen LogP contribution in [0.5, 0.6) is 0 Å². The predicted octanol–water partition coefficient (Wildman–Crippen LogP) is 3.36. The van der Waals surface area contributed by atoms with E-state index in [0.29, 0.717) is 17.5 Å². The third-order valence-electron chi connectivity index (χ3n) is 3.98. The van der Waals surface area contributed by atoms with Crippen LogP contribution < -0.4 is 10.7 Å². The second kappa shape index (κ2) is 9.37. The average molecular weight is 389 g/mol. The quantitative estimate of drug-likeness (QED) is 0.433. The van der Waals surface area contributed by atoms with Crippen LogP contribution in [0.1, 0.15) is 37.2 Å². The van der Waals surface area contributed by atoms with Crippen molar-refractivity contribution in [2.45, 2.75) is 34.1 Å². The summed E-state index contributed by atoms with van der Waals surface area (Å²) in [6.45, 7) is 8.50. The zero-order chi connectivity index (χ0) is 20.0. The summed E-state index contributed by atoms with van der Waals surface area (Å²) in [6, 6.07) is 9.55. The third-order valence-corrected chi connectivity index (χ3v) is 4.23. The number of amides is 2. The van der Waals surface area contributed by atoms with Crippen LogP contribution in [0.15, 0.2) is 35.4 Å². The molecule has 0 unspecified atom stereocenters. The Labute approximate surface area is 164 Å². The van der Waals surface area contributed by atoms with Gasteiger partial charge < -0.3 is 9.88 Å². The minimum absolute atomic E-state index is 0.242. The molecule has 1 aromatic carbocycles. The number of benzene rings is 1. The maximum atomic E-state index is 11.8. The van der Waals surface area contributed by atoms with E-state index < -0.39 is 5.91 Å². The highest BCUT2D eigenvalue weighted by Gasteiger charge is 2.11. The molecule has 144 valence electrons. The van der Waals surface area contributed by atoms with Gasteiger partial charge in [-0.05, 0) is 50.1 Å². The lowest BCUT2D eigenvalue weighted by molar-refractivity contribution is -0.129. The van der Waals surface area contributed by atoms with Crippen LogP contribution in [0.4, 0.5) is 0 Å². The number of hydrogen-bond donors (Lipinski definition) is 2. The van der Waals surface area contributed by atoms with Crippen LogP contribution in [0.2, 0.25) is 5.02 Å². The number of carbonyl (C=O) groups excluding carboxylic acids is 2. The van der Waals surface area contributed by atoms with Gasteiger partial charge in [-0.15, -0.1) is 0 Å². The number of hydrazone groups is 1. The Bertz CT molecular complexity index is 838. The summed E-state index contributed by atoms with van der Waals surface area (Å²) in [7, 11) is 0. The number of aryl methyl sites for hydroxylation is 1. The van der Waals surface area contributed by atoms with Crippen LogP contribution >= 0.6 is 11.6 Å². The molecule has 0 atom stereocenters. The molecule has 0 saturated heterocycles. The number of aromatic nitrogens is 1. The number of nitrogens with zero attached hydrogens (tertiary/aromatic N) is 2. The molecule has 0 radical (unpaired) electrons. The number of nitrogens with one attached hydrogen (secondary N) is 2. The van der Waals surface area contributed by atoms with Crippen LogP contribution in [-0.4, -0.2) is 29.1 Å². The molecule has 27 heavy (non-hydrogen) atoms. The van der Waals surface area contributed by atoms with Crippen LogP contribution in [0.25, 0.3) is 5.69 Å². The van der Waals surface area contributed by atoms with Crippen molar-refractivity contribution in [3.63, 3.8) is 0 Å². The number of carbonyl (C=O) groups is 2. The van der Waals surface area contributed by atoms with Gasteiger partial charge in [0.05, 0.1) is 6.21 Å². The van der Waals surface area contributed by atoms with Gasteiger partial charge in [0.15, 0.2) is 0 Å². The number of hydrogen-bond acceptors (Lipinski definition) is 3. The van der Waals surface area contributed by atoms with Gasteiger partial charge in [-0.2, -0.15) is 5.10 Å². The fourth-order valence-electron chi connectivity index (χ4n) is 2.65. The van der Waals surface area contributed by atoms with Crippen LogP contribution in [0.3, 0.4) is 0 Å². The summed E-state index contributed by atoms with van der Waals surface area (Å²) in [5.41, 5.74) is 6.30. The maximum absolute atomic E-state index is 11.8. The van der Waals surface area contributed by atoms with Gasteiger partial charge in [-0.25, -0.2) is 5.43 Å². The molecule has 0 spiro atoms. The zero-order valence-corrected chi connectivity index (χ0v) is 16.8. The Morgan fingerprint density at radius 1 is 1.19 bits per heavy atom. The Balaban J connectivity index is 1.99. The highest BCUT2D eigenvalue weighted by molar-refractivity contribution is 6.30. The average Bonchev–Trinajstić information content (AvgIpc) is 2.88. The van der Waals surface area contributed by atoms with Crippen LogP contribution in [0, 0.1) is 19.8 Å². The summed E-state index contributed by atoms with van der Waals surface area (Å²) >= 11 is 5.95. The molecule has 2 rings (SSSR count). The summed E-state index contributed by atoms with van der Waals surface area (Å²) in [5.74, 6) is -0.415. The van der Waals surface area contributed by atoms with E-state index in [4.69, 9.17) is 11.6 Å². The Morgan fingerprint density at radius 3 is 2.48 bits per heavy atom. The third kappa shape index (κ3) is 5.96. The second-order valence-corrected chi connectivity index (χ2v) is 7.24. The molecule has 2 aromatic rings. The molecule has 0 aliphatic carbocycles. The lowest BCUT2D eigenvalue weighted by Gasteiger charge is -2.09. The summed E-state index contributed by atoms with van der Waals surface area (Å²) in [5, 5.41) is 7.36. The van der Waals surface area contributed by atoms with Gasteiger partial charge in [0, 0.05) is 34.2 Å². The van der Waals surface area contributed by atoms with E-state index in [0.717, 1.165) is 22.6 Å². The van der Waals surface area contributed by atoms with E-state index in [9.17, 15) is 9.59 Å². The molecule has 0 aliphatic rings. The summed E-state index contributed by atoms with van der Waals surface area (Å²) in [6.07, 6.45) is 1.34. The lowest BCUT2D eigenvalue weighted by Crippen LogP contribution is -2.32. The van der Waals surface area contributed by atoms with Crippen LogP contribution in [-0.2, 0) is 9.59 Å². The molecule has 7 heteroatoms. The van der Waals surface area contributed by atoms with E-state index >= 15 is 0 Å². The largest absolute Gasteiger partial charge is 0.355 e. The van der Waals surface area contributed by atoms with Gasteiger partial charge in [0.25, 0.3) is 0 Å². The smallest absolute Gasteiger partial charge is 0.249 e. The molecule has 2 N–H and O–H groups in total. The van der Waals surface area contributed by atoms with Gasteiger partial charge in [0.1, 0.15) is 6.42 Å². The molecule has 0 aliphatic heterocycles. The molecule has 1 aromatic heterocycles. The summed E-state index contributed by atoms with van der Waals surface area (Å²) in [4.78, 5) is 23.4. The first-order valence-electron chi connectivity index (χ1n) is 8.81. The fourth-order valence-corrected chi connectivity index (χ4v) is 2.77. The Kier molecular flexibility index (Phi) is 7.19. The number of halogens is 1. The SMILES string of the molecule is Cc1cc(/C=N/NC(=O)CC(=O)NCC(C)C)c(C)n1-c1ccc(Cl)cc1. The van der Waals surface area contributed by atoms with Crippen molar-refractivity contribution >= 4 is 29.6 Å². The molecular weight excluding hydrogens is 364 g/mol. The predicted molar refractivity (Wildman–Crippen MR) is 108 cm³/mol. The fraction of sp³-hybridized carbons (Fsp3) is 0.350. The summed E-state index contributed by atoms with van der Waals surface area (Å²) < 4.78 is 2.08. The highest BCUT2D eigenvalue weighted by Crippen LogP contribution is 2.21. The first-order valence-corrected chi connectivity index (χ1v) is 9.19. The zero-order valence-electron chi connectivity index (χ0n) is 16.0. The maximum Gasteiger partial charge on any atom is 0.249 e. The lowest BCUT2D eigenvalue weighted by atomic mass is 10.2. The molecule has 0 bridgehead atoms.